The quantitative estimate of drug-likeness (QED) is 0.884. The van der Waals surface area contributed by atoms with Gasteiger partial charge in [0.25, 0.3) is 0 Å². The average Bonchev–Trinajstić information content (AvgIpc) is 3.12. The molecule has 0 unspecified atom stereocenters. The molecular weight excluding hydrogens is 226 g/mol. The summed E-state index contributed by atoms with van der Waals surface area (Å²) in [6, 6.07) is 2.72. The molecule has 0 radical (unpaired) electrons. The first-order valence-electron chi connectivity index (χ1n) is 6.30. The fourth-order valence-corrected chi connectivity index (χ4v) is 1.98. The van der Waals surface area contributed by atoms with Gasteiger partial charge in [-0.2, -0.15) is 5.10 Å². The third kappa shape index (κ3) is 2.41. The van der Waals surface area contributed by atoms with Crippen LogP contribution >= 0.6 is 0 Å². The van der Waals surface area contributed by atoms with Crippen LogP contribution in [-0.4, -0.2) is 25.8 Å². The third-order valence-electron chi connectivity index (χ3n) is 3.05. The standard InChI is InChI=1S/C13H17N5/c1-9-5-10(2)18(17-9)13-8-14-6-12(16-13)7-15-11-3-4-11/h5-6,8,11,15H,3-4,7H2,1-2H3. The highest BCUT2D eigenvalue weighted by molar-refractivity contribution is 5.23. The zero-order valence-electron chi connectivity index (χ0n) is 10.7. The van der Waals surface area contributed by atoms with Gasteiger partial charge >= 0.3 is 0 Å². The van der Waals surface area contributed by atoms with E-state index in [4.69, 9.17) is 0 Å². The molecule has 5 heteroatoms. The summed E-state index contributed by atoms with van der Waals surface area (Å²) in [6.45, 7) is 4.79. The van der Waals surface area contributed by atoms with Gasteiger partial charge in [-0.3, -0.25) is 4.98 Å². The molecule has 1 N–H and O–H groups in total. The second kappa shape index (κ2) is 4.49. The minimum atomic E-state index is 0.684. The van der Waals surface area contributed by atoms with Gasteiger partial charge in [0.1, 0.15) is 0 Å². The summed E-state index contributed by atoms with van der Waals surface area (Å²) in [5, 5.41) is 7.86. The lowest BCUT2D eigenvalue weighted by molar-refractivity contribution is 0.665. The first kappa shape index (κ1) is 11.3. The highest BCUT2D eigenvalue weighted by Crippen LogP contribution is 2.19. The van der Waals surface area contributed by atoms with Crippen molar-refractivity contribution in [2.45, 2.75) is 39.3 Å². The van der Waals surface area contributed by atoms with E-state index in [1.807, 2.05) is 30.8 Å². The lowest BCUT2D eigenvalue weighted by atomic mass is 10.4. The van der Waals surface area contributed by atoms with E-state index in [0.717, 1.165) is 29.4 Å². The summed E-state index contributed by atoms with van der Waals surface area (Å²) in [4.78, 5) is 8.84. The summed E-state index contributed by atoms with van der Waals surface area (Å²) >= 11 is 0. The largest absolute Gasteiger partial charge is 0.308 e. The maximum Gasteiger partial charge on any atom is 0.172 e. The van der Waals surface area contributed by atoms with E-state index in [2.05, 4.69) is 20.4 Å². The molecule has 0 saturated heterocycles. The van der Waals surface area contributed by atoms with E-state index in [1.54, 1.807) is 6.20 Å². The molecule has 1 saturated carbocycles. The minimum Gasteiger partial charge on any atom is -0.308 e. The molecule has 2 aromatic heterocycles. The van der Waals surface area contributed by atoms with Gasteiger partial charge in [0, 0.05) is 24.5 Å². The van der Waals surface area contributed by atoms with Crippen LogP contribution in [0.3, 0.4) is 0 Å². The van der Waals surface area contributed by atoms with Crippen molar-refractivity contribution >= 4 is 0 Å². The number of aromatic nitrogens is 4. The van der Waals surface area contributed by atoms with Crippen molar-refractivity contribution < 1.29 is 0 Å². The molecule has 0 amide bonds. The fraction of sp³-hybridized carbons (Fsp3) is 0.462. The Balaban J connectivity index is 1.82. The molecule has 1 fully saturated rings. The van der Waals surface area contributed by atoms with Gasteiger partial charge in [0.15, 0.2) is 5.82 Å². The van der Waals surface area contributed by atoms with Gasteiger partial charge in [0.2, 0.25) is 0 Å². The van der Waals surface area contributed by atoms with Crippen LogP contribution in [0, 0.1) is 13.8 Å². The van der Waals surface area contributed by atoms with E-state index in [1.165, 1.54) is 12.8 Å². The van der Waals surface area contributed by atoms with Gasteiger partial charge in [-0.25, -0.2) is 9.67 Å². The van der Waals surface area contributed by atoms with Crippen LogP contribution in [0.2, 0.25) is 0 Å². The van der Waals surface area contributed by atoms with Crippen molar-refractivity contribution in [3.05, 3.63) is 35.5 Å². The van der Waals surface area contributed by atoms with Crippen molar-refractivity contribution in [3.8, 4) is 5.82 Å². The molecule has 18 heavy (non-hydrogen) atoms. The van der Waals surface area contributed by atoms with E-state index >= 15 is 0 Å². The van der Waals surface area contributed by atoms with Crippen molar-refractivity contribution in [1.82, 2.24) is 25.1 Å². The molecule has 0 aliphatic heterocycles. The molecule has 2 heterocycles. The summed E-state index contributed by atoms with van der Waals surface area (Å²) in [6.07, 6.45) is 6.12. The number of rotatable bonds is 4. The number of hydrogen-bond donors (Lipinski definition) is 1. The number of hydrogen-bond acceptors (Lipinski definition) is 4. The zero-order chi connectivity index (χ0) is 12.5. The Kier molecular flexibility index (Phi) is 2.83. The summed E-state index contributed by atoms with van der Waals surface area (Å²) in [5.41, 5.74) is 3.04. The smallest absolute Gasteiger partial charge is 0.172 e. The van der Waals surface area contributed by atoms with Gasteiger partial charge in [-0.1, -0.05) is 0 Å². The molecule has 1 aliphatic rings. The lowest BCUT2D eigenvalue weighted by Crippen LogP contribution is -2.17. The molecule has 2 aromatic rings. The maximum absolute atomic E-state index is 4.59. The molecule has 1 aliphatic carbocycles. The Morgan fingerprint density at radius 3 is 2.83 bits per heavy atom. The van der Waals surface area contributed by atoms with Crippen LogP contribution in [0.4, 0.5) is 0 Å². The zero-order valence-corrected chi connectivity index (χ0v) is 10.7. The Labute approximate surface area is 106 Å². The monoisotopic (exact) mass is 243 g/mol. The second-order valence-electron chi connectivity index (χ2n) is 4.86. The topological polar surface area (TPSA) is 55.6 Å². The Bertz CT molecular complexity index is 556. The normalized spacial score (nSPS) is 15.0. The van der Waals surface area contributed by atoms with Crippen molar-refractivity contribution in [2.75, 3.05) is 0 Å². The number of nitrogens with one attached hydrogen (secondary N) is 1. The Morgan fingerprint density at radius 2 is 2.17 bits per heavy atom. The van der Waals surface area contributed by atoms with Crippen LogP contribution in [0.15, 0.2) is 18.5 Å². The number of nitrogens with zero attached hydrogens (tertiary/aromatic N) is 4. The third-order valence-corrected chi connectivity index (χ3v) is 3.05. The van der Waals surface area contributed by atoms with Crippen molar-refractivity contribution in [2.24, 2.45) is 0 Å². The first-order valence-corrected chi connectivity index (χ1v) is 6.30. The Morgan fingerprint density at radius 1 is 1.33 bits per heavy atom. The fourth-order valence-electron chi connectivity index (χ4n) is 1.98. The summed E-state index contributed by atoms with van der Waals surface area (Å²) in [7, 11) is 0. The molecular formula is C13H17N5. The molecule has 94 valence electrons. The van der Waals surface area contributed by atoms with E-state index in [-0.39, 0.29) is 0 Å². The van der Waals surface area contributed by atoms with Gasteiger partial charge in [-0.05, 0) is 32.8 Å². The highest BCUT2D eigenvalue weighted by atomic mass is 15.3. The molecule has 0 spiro atoms. The first-order chi connectivity index (χ1) is 8.72. The van der Waals surface area contributed by atoms with Crippen molar-refractivity contribution in [1.29, 1.82) is 0 Å². The molecule has 5 nitrogen and oxygen atoms in total. The van der Waals surface area contributed by atoms with Gasteiger partial charge in [-0.15, -0.1) is 0 Å². The van der Waals surface area contributed by atoms with Crippen molar-refractivity contribution in [3.63, 3.8) is 0 Å². The van der Waals surface area contributed by atoms with E-state index in [0.29, 0.717) is 6.04 Å². The Hall–Kier alpha value is -1.75. The van der Waals surface area contributed by atoms with Crippen LogP contribution in [0.1, 0.15) is 29.9 Å². The van der Waals surface area contributed by atoms with Crippen LogP contribution < -0.4 is 5.32 Å². The molecule has 0 aromatic carbocycles. The minimum absolute atomic E-state index is 0.684. The summed E-state index contributed by atoms with van der Waals surface area (Å²) in [5.74, 6) is 0.788. The van der Waals surface area contributed by atoms with Gasteiger partial charge < -0.3 is 5.32 Å². The SMILES string of the molecule is Cc1cc(C)n(-c2cncc(CNC3CC3)n2)n1. The predicted molar refractivity (Wildman–Crippen MR) is 68.5 cm³/mol. The average molecular weight is 243 g/mol. The van der Waals surface area contributed by atoms with E-state index in [9.17, 15) is 0 Å². The van der Waals surface area contributed by atoms with E-state index < -0.39 is 0 Å². The molecule has 0 bridgehead atoms. The van der Waals surface area contributed by atoms with Crippen LogP contribution in [0.5, 0.6) is 0 Å². The summed E-state index contributed by atoms with van der Waals surface area (Å²) < 4.78 is 1.84. The molecule has 3 rings (SSSR count). The lowest BCUT2D eigenvalue weighted by Gasteiger charge is -2.06. The van der Waals surface area contributed by atoms with Crippen LogP contribution in [0.25, 0.3) is 5.82 Å². The highest BCUT2D eigenvalue weighted by Gasteiger charge is 2.20. The van der Waals surface area contributed by atoms with Crippen LogP contribution in [-0.2, 0) is 6.54 Å². The molecule has 0 atom stereocenters. The van der Waals surface area contributed by atoms with Gasteiger partial charge in [0.05, 0.1) is 17.6 Å². The predicted octanol–water partition coefficient (Wildman–Crippen LogP) is 1.53. The second-order valence-corrected chi connectivity index (χ2v) is 4.86. The maximum atomic E-state index is 4.59. The number of aryl methyl sites for hydroxylation is 2.